The minimum Gasteiger partial charge on any atom is -0.469 e. The number of hydrogen-bond acceptors (Lipinski definition) is 9. The van der Waals surface area contributed by atoms with Gasteiger partial charge in [0.2, 0.25) is 31.9 Å². The van der Waals surface area contributed by atoms with E-state index in [1.807, 2.05) is 46.0 Å². The Hall–Kier alpha value is -5.66. The van der Waals surface area contributed by atoms with E-state index in [-0.39, 0.29) is 52.6 Å². The van der Waals surface area contributed by atoms with Crippen molar-refractivity contribution in [2.45, 2.75) is 122 Å². The third-order valence-electron chi connectivity index (χ3n) is 14.0. The zero-order chi connectivity index (χ0) is 43.6. The first-order valence-electron chi connectivity index (χ1n) is 22.2. The van der Waals surface area contributed by atoms with Crippen LogP contribution in [0.2, 0.25) is 16.6 Å². The first-order chi connectivity index (χ1) is 29.6. The predicted octanol–water partition coefficient (Wildman–Crippen LogP) is 10.0. The summed E-state index contributed by atoms with van der Waals surface area (Å²) in [5.41, 5.74) is 7.66. The summed E-state index contributed by atoms with van der Waals surface area (Å²) in [6.45, 7) is 21.4. The smallest absolute Gasteiger partial charge is 0.249 e. The van der Waals surface area contributed by atoms with Crippen LogP contribution < -0.4 is 20.7 Å². The summed E-state index contributed by atoms with van der Waals surface area (Å²) >= 11 is 0. The molecule has 10 bridgehead atoms. The number of rotatable bonds is 9. The minimum absolute atomic E-state index is 0.129. The van der Waals surface area contributed by atoms with Gasteiger partial charge in [-0.25, -0.2) is 9.97 Å². The second-order valence-electron chi connectivity index (χ2n) is 19.3. The molecule has 0 radical (unpaired) electrons. The first-order valence-corrected chi connectivity index (χ1v) is 24.4. The average molecular weight is 853 g/mol. The number of oxazole rings is 2. The molecular weight excluding hydrogens is 797 g/mol. The van der Waals surface area contributed by atoms with Crippen molar-refractivity contribution in [2.24, 2.45) is 11.8 Å². The molecule has 3 aromatic heterocycles. The molecule has 0 saturated heterocycles. The summed E-state index contributed by atoms with van der Waals surface area (Å²) in [6.07, 6.45) is 2.54. The average Bonchev–Trinajstić information content (AvgIpc) is 4.05. The van der Waals surface area contributed by atoms with E-state index in [4.69, 9.17) is 28.0 Å². The van der Waals surface area contributed by atoms with E-state index >= 15 is 0 Å². The molecule has 5 atom stereocenters. The van der Waals surface area contributed by atoms with Gasteiger partial charge in [-0.05, 0) is 51.7 Å². The summed E-state index contributed by atoms with van der Waals surface area (Å²) < 4.78 is 27.9. The van der Waals surface area contributed by atoms with Gasteiger partial charge in [0.1, 0.15) is 29.4 Å². The number of aromatic nitrogens is 3. The molecule has 3 aromatic carbocycles. The second-order valence-corrected chi connectivity index (χ2v) is 24.7. The first kappa shape index (κ1) is 40.4. The molecule has 10 rings (SSSR count). The Bertz CT molecular complexity index is 2740. The maximum atomic E-state index is 14.8. The molecule has 13 heteroatoms. The van der Waals surface area contributed by atoms with Crippen molar-refractivity contribution >= 4 is 36.7 Å². The fourth-order valence-electron chi connectivity index (χ4n) is 11.2. The summed E-state index contributed by atoms with van der Waals surface area (Å²) in [7, 11) is -2.48. The normalized spacial score (nSPS) is 21.5. The van der Waals surface area contributed by atoms with Crippen LogP contribution in [-0.4, -0.2) is 53.5 Å². The Morgan fingerprint density at radius 1 is 0.887 bits per heavy atom. The molecule has 62 heavy (non-hydrogen) atoms. The van der Waals surface area contributed by atoms with Gasteiger partial charge in [-0.3, -0.25) is 9.59 Å². The van der Waals surface area contributed by atoms with Crippen LogP contribution in [0.5, 0.6) is 5.75 Å². The number of benzene rings is 3. The molecule has 0 saturated carbocycles. The highest BCUT2D eigenvalue weighted by molar-refractivity contribution is 6.77. The van der Waals surface area contributed by atoms with Crippen LogP contribution >= 0.6 is 0 Å². The summed E-state index contributed by atoms with van der Waals surface area (Å²) in [5, 5.41) is 11.3. The van der Waals surface area contributed by atoms with Crippen molar-refractivity contribution in [1.29, 1.82) is 0 Å². The van der Waals surface area contributed by atoms with E-state index in [2.05, 4.69) is 105 Å². The van der Waals surface area contributed by atoms with Gasteiger partial charge < -0.3 is 38.9 Å². The van der Waals surface area contributed by atoms with Crippen molar-refractivity contribution in [1.82, 2.24) is 25.6 Å². The van der Waals surface area contributed by atoms with E-state index in [1.54, 1.807) is 6.20 Å². The summed E-state index contributed by atoms with van der Waals surface area (Å²) in [4.78, 5) is 43.0. The molecule has 4 aliphatic rings. The van der Waals surface area contributed by atoms with E-state index in [0.717, 1.165) is 50.0 Å². The standard InChI is InChI=1S/C49H56N6O6Si/c1-23(2)39-47-54-41-43(60-47)49-32-15-11-14-30(29-13-12-16-34-38(29)31(21-50-34)37-22-51-46(41)58-37)40(32)55-48(49)59-36-18-17-28(19-33(36)49)20-35(44(56)53-39)52-45(57)42(24(3)4)61-62(25(5)6,26(7)8)27(9)10/h11-19,21-27,35,39,42,48,50,55H,20H2,1-10H3,(H,52,57)(H,53,56)/t35-,39?,42-,48?,49-/m0/s1. The number of nitrogens with zero attached hydrogens (tertiary/aromatic N) is 2. The Balaban J connectivity index is 1.16. The van der Waals surface area contributed by atoms with Crippen LogP contribution in [0.1, 0.15) is 104 Å². The third-order valence-corrected chi connectivity index (χ3v) is 20.1. The SMILES string of the molecule is CC(C)C1NC(=O)[C@@H](NC(=O)[C@@H](O[Si](C(C)C)(C(C)C)C(C)C)C(C)C)Cc2ccc3c(c2)[C@]24c5cccc(c5NC2O3)-c2cccc3[nH]cc(c23)-c2cnc(o2)-c2nc1oc24. The second kappa shape index (κ2) is 14.4. The van der Waals surface area contributed by atoms with E-state index in [9.17, 15) is 9.59 Å². The number of hydrogen-bond donors (Lipinski definition) is 4. The summed E-state index contributed by atoms with van der Waals surface area (Å²) in [6, 6.07) is 17.0. The van der Waals surface area contributed by atoms with Gasteiger partial charge >= 0.3 is 0 Å². The molecule has 2 unspecified atom stereocenters. The van der Waals surface area contributed by atoms with Gasteiger partial charge in [-0.2, -0.15) is 0 Å². The number of nitrogens with one attached hydrogen (secondary N) is 4. The van der Waals surface area contributed by atoms with Gasteiger partial charge in [-0.15, -0.1) is 0 Å². The highest BCUT2D eigenvalue weighted by Crippen LogP contribution is 2.61. The van der Waals surface area contributed by atoms with E-state index in [0.29, 0.717) is 28.9 Å². The zero-order valence-electron chi connectivity index (χ0n) is 37.1. The van der Waals surface area contributed by atoms with Crippen LogP contribution in [0.3, 0.4) is 0 Å². The molecule has 4 N–H and O–H groups in total. The molecule has 322 valence electrons. The quantitative estimate of drug-likeness (QED) is 0.104. The number of H-pyrrole nitrogens is 1. The minimum atomic E-state index is -2.48. The van der Waals surface area contributed by atoms with Crippen molar-refractivity contribution in [3.8, 4) is 39.8 Å². The van der Waals surface area contributed by atoms with Crippen LogP contribution in [0.15, 0.2) is 75.8 Å². The molecule has 12 nitrogen and oxygen atoms in total. The zero-order valence-corrected chi connectivity index (χ0v) is 38.1. The highest BCUT2D eigenvalue weighted by atomic mass is 28.4. The van der Waals surface area contributed by atoms with Crippen LogP contribution in [0.25, 0.3) is 44.9 Å². The molecule has 0 fully saturated rings. The molecule has 4 aliphatic heterocycles. The lowest BCUT2D eigenvalue weighted by Gasteiger charge is -2.45. The number of aromatic amines is 1. The molecule has 0 aliphatic carbocycles. The number of ether oxygens (including phenoxy) is 1. The van der Waals surface area contributed by atoms with Crippen molar-refractivity contribution < 1.29 is 27.6 Å². The number of para-hydroxylation sites is 1. The highest BCUT2D eigenvalue weighted by Gasteiger charge is 2.62. The number of carbonyl (C=O) groups excluding carboxylic acids is 2. The maximum absolute atomic E-state index is 14.8. The van der Waals surface area contributed by atoms with Crippen LogP contribution in [-0.2, 0) is 25.9 Å². The largest absolute Gasteiger partial charge is 0.469 e. The van der Waals surface area contributed by atoms with Crippen LogP contribution in [0, 0.1) is 11.8 Å². The van der Waals surface area contributed by atoms with E-state index in [1.165, 1.54) is 0 Å². The Morgan fingerprint density at radius 3 is 2.35 bits per heavy atom. The van der Waals surface area contributed by atoms with Gasteiger partial charge in [0.05, 0.1) is 6.20 Å². The Kier molecular flexibility index (Phi) is 9.42. The molecule has 2 amide bonds. The maximum Gasteiger partial charge on any atom is 0.249 e. The lowest BCUT2D eigenvalue weighted by molar-refractivity contribution is -0.135. The molecule has 1 spiro atoms. The monoisotopic (exact) mass is 852 g/mol. The predicted molar refractivity (Wildman–Crippen MR) is 241 cm³/mol. The fraction of sp³-hybridized carbons (Fsp3) is 0.429. The van der Waals surface area contributed by atoms with E-state index < -0.39 is 38.1 Å². The lowest BCUT2D eigenvalue weighted by atomic mass is 9.72. The number of amides is 2. The third kappa shape index (κ3) is 5.72. The van der Waals surface area contributed by atoms with Crippen molar-refractivity contribution in [2.75, 3.05) is 5.32 Å². The van der Waals surface area contributed by atoms with Crippen molar-refractivity contribution in [3.05, 3.63) is 95.3 Å². The molecule has 7 heterocycles. The number of carbonyl (C=O) groups is 2. The topological polar surface area (TPSA) is 157 Å². The van der Waals surface area contributed by atoms with Gasteiger partial charge in [0.25, 0.3) is 0 Å². The van der Waals surface area contributed by atoms with Crippen molar-refractivity contribution in [3.63, 3.8) is 0 Å². The number of anilines is 1. The van der Waals surface area contributed by atoms with Crippen LogP contribution in [0.4, 0.5) is 5.69 Å². The van der Waals surface area contributed by atoms with Gasteiger partial charge in [0.15, 0.2) is 23.4 Å². The fourth-order valence-corrected chi connectivity index (χ4v) is 16.9. The Morgan fingerprint density at radius 2 is 1.63 bits per heavy atom. The van der Waals surface area contributed by atoms with Gasteiger partial charge in [0, 0.05) is 51.5 Å². The molecular formula is C49H56N6O6Si. The lowest BCUT2D eigenvalue weighted by Crippen LogP contribution is -2.57. The van der Waals surface area contributed by atoms with Gasteiger partial charge in [-0.1, -0.05) is 112 Å². The number of fused-ring (bicyclic) bond motifs is 7. The molecule has 6 aromatic rings. The summed E-state index contributed by atoms with van der Waals surface area (Å²) in [5.74, 6) is 1.43. The Labute approximate surface area is 363 Å².